The summed E-state index contributed by atoms with van der Waals surface area (Å²) >= 11 is 0. The average Bonchev–Trinajstić information content (AvgIpc) is 3.25. The lowest BCUT2D eigenvalue weighted by Crippen LogP contribution is -2.27. The van der Waals surface area contributed by atoms with Crippen molar-refractivity contribution in [2.45, 2.75) is 72.6 Å². The van der Waals surface area contributed by atoms with Crippen molar-refractivity contribution in [3.63, 3.8) is 0 Å². The van der Waals surface area contributed by atoms with Crippen molar-refractivity contribution in [3.8, 4) is 0 Å². The molecule has 0 aromatic carbocycles. The Hall–Kier alpha value is 0. The van der Waals surface area contributed by atoms with E-state index in [0.717, 1.165) is 23.2 Å². The lowest BCUT2D eigenvalue weighted by atomic mass is 9.69. The van der Waals surface area contributed by atoms with Crippen LogP contribution in [0.3, 0.4) is 0 Å². The molecule has 4 saturated carbocycles. The first-order valence-electron chi connectivity index (χ1n) is 8.65. The minimum absolute atomic E-state index is 0.922. The summed E-state index contributed by atoms with van der Waals surface area (Å²) in [6.45, 7) is 9.75. The largest absolute Gasteiger partial charge is 0.0654 e. The van der Waals surface area contributed by atoms with E-state index in [2.05, 4.69) is 27.7 Å². The molecule has 104 valence electrons. The monoisotopic (exact) mass is 248 g/mol. The maximum absolute atomic E-state index is 2.54. The van der Waals surface area contributed by atoms with E-state index in [9.17, 15) is 0 Å². The Morgan fingerprint density at radius 1 is 1.00 bits per heavy atom. The Bertz CT molecular complexity index is 291. The molecule has 4 unspecified atom stereocenters. The van der Waals surface area contributed by atoms with Gasteiger partial charge in [0.15, 0.2) is 0 Å². The summed E-state index contributed by atoms with van der Waals surface area (Å²) in [6, 6.07) is 0. The second-order valence-corrected chi connectivity index (χ2v) is 7.88. The van der Waals surface area contributed by atoms with Crippen LogP contribution in [0.15, 0.2) is 0 Å². The SMILES string of the molecule is CCCC(C)CCC(C)C1CC2C3C(C1)C23CC. The predicted octanol–water partition coefficient (Wildman–Crippen LogP) is 5.52. The molecule has 0 amide bonds. The van der Waals surface area contributed by atoms with E-state index in [4.69, 9.17) is 0 Å². The summed E-state index contributed by atoms with van der Waals surface area (Å²) < 4.78 is 0. The Balaban J connectivity index is 1.41. The highest BCUT2D eigenvalue weighted by Gasteiger charge is 2.85. The third kappa shape index (κ3) is 1.78. The van der Waals surface area contributed by atoms with E-state index in [1.165, 1.54) is 49.9 Å². The molecule has 0 heteroatoms. The van der Waals surface area contributed by atoms with Crippen LogP contribution in [0, 0.1) is 40.9 Å². The van der Waals surface area contributed by atoms with E-state index in [0.29, 0.717) is 0 Å². The maximum atomic E-state index is 2.54. The van der Waals surface area contributed by atoms with Gasteiger partial charge in [0.1, 0.15) is 0 Å². The number of hydrogen-bond donors (Lipinski definition) is 0. The molecule has 2 bridgehead atoms. The van der Waals surface area contributed by atoms with Gasteiger partial charge in [0.05, 0.1) is 0 Å². The zero-order chi connectivity index (χ0) is 12.9. The van der Waals surface area contributed by atoms with E-state index in [-0.39, 0.29) is 0 Å². The number of rotatable bonds is 7. The van der Waals surface area contributed by atoms with Gasteiger partial charge < -0.3 is 0 Å². The molecule has 0 N–H and O–H groups in total. The lowest BCUT2D eigenvalue weighted by Gasteiger charge is -2.36. The van der Waals surface area contributed by atoms with Gasteiger partial charge in [0.25, 0.3) is 0 Å². The molecule has 4 rings (SSSR count). The fourth-order valence-electron chi connectivity index (χ4n) is 5.71. The molecule has 4 atom stereocenters. The van der Waals surface area contributed by atoms with E-state index in [1.54, 1.807) is 12.8 Å². The summed E-state index contributed by atoms with van der Waals surface area (Å²) in [5.74, 6) is 6.63. The molecule has 0 heterocycles. The van der Waals surface area contributed by atoms with Crippen LogP contribution in [0.1, 0.15) is 72.6 Å². The number of hydrogen-bond acceptors (Lipinski definition) is 0. The molecule has 4 fully saturated rings. The Morgan fingerprint density at radius 3 is 2.17 bits per heavy atom. The van der Waals surface area contributed by atoms with Crippen LogP contribution in [0.25, 0.3) is 0 Å². The van der Waals surface area contributed by atoms with Crippen molar-refractivity contribution >= 4 is 0 Å². The van der Waals surface area contributed by atoms with Gasteiger partial charge in [-0.3, -0.25) is 0 Å². The first kappa shape index (κ1) is 13.0. The standard InChI is InChI=1S/C18H32/c1-5-7-12(3)8-9-13(4)14-10-15-17-16(11-14)18(15,17)6-2/h12-17H,5-11H2,1-4H3. The van der Waals surface area contributed by atoms with Gasteiger partial charge in [0.2, 0.25) is 0 Å². The molecular weight excluding hydrogens is 216 g/mol. The van der Waals surface area contributed by atoms with Crippen molar-refractivity contribution in [3.05, 3.63) is 0 Å². The molecule has 0 aliphatic heterocycles. The maximum Gasteiger partial charge on any atom is -0.0203 e. The Morgan fingerprint density at radius 2 is 1.67 bits per heavy atom. The van der Waals surface area contributed by atoms with Gasteiger partial charge in [-0.1, -0.05) is 53.4 Å². The van der Waals surface area contributed by atoms with Gasteiger partial charge in [-0.05, 0) is 60.2 Å². The third-order valence-electron chi connectivity index (χ3n) is 7.08. The van der Waals surface area contributed by atoms with Gasteiger partial charge in [-0.2, -0.15) is 0 Å². The highest BCUT2D eigenvalue weighted by molar-refractivity contribution is 5.33. The second-order valence-electron chi connectivity index (χ2n) is 7.88. The summed E-state index contributed by atoms with van der Waals surface area (Å²) in [4.78, 5) is 0. The van der Waals surface area contributed by atoms with Gasteiger partial charge in [0, 0.05) is 0 Å². The van der Waals surface area contributed by atoms with E-state index >= 15 is 0 Å². The molecule has 4 aliphatic carbocycles. The third-order valence-corrected chi connectivity index (χ3v) is 7.08. The summed E-state index contributed by atoms with van der Waals surface area (Å²) in [5, 5.41) is 0. The van der Waals surface area contributed by atoms with Gasteiger partial charge >= 0.3 is 0 Å². The van der Waals surface area contributed by atoms with Crippen LogP contribution in [0.2, 0.25) is 0 Å². The van der Waals surface area contributed by atoms with Gasteiger partial charge in [-0.25, -0.2) is 0 Å². The zero-order valence-corrected chi connectivity index (χ0v) is 12.9. The topological polar surface area (TPSA) is 0 Å². The molecule has 0 spiro atoms. The highest BCUT2D eigenvalue weighted by atomic mass is 14.9. The quantitative estimate of drug-likeness (QED) is 0.556. The molecule has 0 nitrogen and oxygen atoms in total. The highest BCUT2D eigenvalue weighted by Crippen LogP contribution is 2.90. The van der Waals surface area contributed by atoms with Crippen LogP contribution in [0.5, 0.6) is 0 Å². The molecule has 0 radical (unpaired) electrons. The van der Waals surface area contributed by atoms with Crippen molar-refractivity contribution in [1.29, 1.82) is 0 Å². The van der Waals surface area contributed by atoms with Crippen LogP contribution in [-0.2, 0) is 0 Å². The lowest BCUT2D eigenvalue weighted by molar-refractivity contribution is 0.140. The predicted molar refractivity (Wildman–Crippen MR) is 78.4 cm³/mol. The molecule has 4 aliphatic rings. The van der Waals surface area contributed by atoms with Crippen molar-refractivity contribution < 1.29 is 0 Å². The number of fused-ring (bicyclic) bond motifs is 2. The molecular formula is C18H32. The molecule has 0 aromatic rings. The first-order chi connectivity index (χ1) is 8.65. The Labute approximate surface area is 114 Å². The summed E-state index contributed by atoms with van der Waals surface area (Å²) in [6.07, 6.45) is 10.4. The van der Waals surface area contributed by atoms with Crippen molar-refractivity contribution in [1.82, 2.24) is 0 Å². The summed E-state index contributed by atoms with van der Waals surface area (Å²) in [5.41, 5.74) is 0.922. The average molecular weight is 248 g/mol. The van der Waals surface area contributed by atoms with Crippen molar-refractivity contribution in [2.75, 3.05) is 0 Å². The van der Waals surface area contributed by atoms with Crippen molar-refractivity contribution in [2.24, 2.45) is 40.9 Å². The van der Waals surface area contributed by atoms with Crippen LogP contribution >= 0.6 is 0 Å². The smallest absolute Gasteiger partial charge is 0.0203 e. The molecule has 0 aromatic heterocycles. The van der Waals surface area contributed by atoms with Gasteiger partial charge in [-0.15, -0.1) is 0 Å². The summed E-state index contributed by atoms with van der Waals surface area (Å²) in [7, 11) is 0. The van der Waals surface area contributed by atoms with E-state index in [1.807, 2.05) is 0 Å². The fourth-order valence-corrected chi connectivity index (χ4v) is 5.71. The Kier molecular flexibility index (Phi) is 3.27. The molecule has 18 heavy (non-hydrogen) atoms. The van der Waals surface area contributed by atoms with Crippen LogP contribution < -0.4 is 0 Å². The van der Waals surface area contributed by atoms with E-state index < -0.39 is 0 Å². The minimum Gasteiger partial charge on any atom is -0.0654 e. The van der Waals surface area contributed by atoms with Crippen LogP contribution in [0.4, 0.5) is 0 Å². The first-order valence-corrected chi connectivity index (χ1v) is 8.65. The molecule has 0 saturated heterocycles. The zero-order valence-electron chi connectivity index (χ0n) is 12.9. The minimum atomic E-state index is 0.922. The second kappa shape index (κ2) is 4.53. The fraction of sp³-hybridized carbons (Fsp3) is 1.00. The van der Waals surface area contributed by atoms with Crippen LogP contribution in [-0.4, -0.2) is 0 Å². The normalized spacial score (nSPS) is 47.3.